The fourth-order valence-electron chi connectivity index (χ4n) is 3.23. The maximum Gasteiger partial charge on any atom is 0.266 e. The first-order valence-electron chi connectivity index (χ1n) is 8.21. The number of ether oxygens (including phenoxy) is 1. The van der Waals surface area contributed by atoms with Crippen LogP contribution < -0.4 is 4.74 Å². The van der Waals surface area contributed by atoms with E-state index in [0.717, 1.165) is 40.6 Å². The minimum atomic E-state index is 0.0747. The summed E-state index contributed by atoms with van der Waals surface area (Å²) < 4.78 is 5.33. The molecule has 1 saturated heterocycles. The molecule has 1 aliphatic heterocycles. The molecule has 1 aliphatic rings. The molecule has 3 aromatic rings. The minimum Gasteiger partial charge on any atom is -0.497 e. The third-order valence-electron chi connectivity index (χ3n) is 4.44. The topological polar surface area (TPSA) is 42.4 Å². The van der Waals surface area contributed by atoms with E-state index in [-0.39, 0.29) is 11.9 Å². The van der Waals surface area contributed by atoms with Crippen molar-refractivity contribution in [1.82, 2.24) is 9.88 Å². The number of hydrogen-bond acceptors (Lipinski definition) is 5. The van der Waals surface area contributed by atoms with Gasteiger partial charge in [0.2, 0.25) is 0 Å². The summed E-state index contributed by atoms with van der Waals surface area (Å²) in [5, 5.41) is 2.94. The Kier molecular flexibility index (Phi) is 4.55. The highest BCUT2D eigenvalue weighted by Gasteiger charge is 2.31. The first-order chi connectivity index (χ1) is 12.3. The Balaban J connectivity index is 1.58. The van der Waals surface area contributed by atoms with Gasteiger partial charge in [0, 0.05) is 6.54 Å². The summed E-state index contributed by atoms with van der Waals surface area (Å²) in [7, 11) is 1.67. The standard InChI is InChI=1S/C19H18N2O2S2/c1-23-14-6-2-5-13(11-14)15-7-3-9-21(15)19(22)17-12-20-18(25-17)16-8-4-10-24-16/h2,4-6,8,10-12,15H,3,7,9H2,1H3. The van der Waals surface area contributed by atoms with Crippen LogP contribution in [-0.2, 0) is 0 Å². The van der Waals surface area contributed by atoms with Gasteiger partial charge in [0.25, 0.3) is 5.91 Å². The fraction of sp³-hybridized carbons (Fsp3) is 0.263. The fourth-order valence-corrected chi connectivity index (χ4v) is 4.91. The molecule has 1 aromatic carbocycles. The first-order valence-corrected chi connectivity index (χ1v) is 9.90. The number of thiazole rings is 1. The highest BCUT2D eigenvalue weighted by molar-refractivity contribution is 7.21. The molecule has 0 N–H and O–H groups in total. The molecular weight excluding hydrogens is 352 g/mol. The van der Waals surface area contributed by atoms with Gasteiger partial charge in [-0.15, -0.1) is 22.7 Å². The molecule has 128 valence electrons. The Morgan fingerprint density at radius 1 is 1.32 bits per heavy atom. The van der Waals surface area contributed by atoms with Crippen LogP contribution in [0.1, 0.15) is 34.1 Å². The van der Waals surface area contributed by atoms with E-state index in [1.54, 1.807) is 24.6 Å². The molecule has 0 aliphatic carbocycles. The van der Waals surface area contributed by atoms with Crippen molar-refractivity contribution in [1.29, 1.82) is 0 Å². The number of aromatic nitrogens is 1. The lowest BCUT2D eigenvalue weighted by atomic mass is 10.0. The van der Waals surface area contributed by atoms with Gasteiger partial charge in [-0.2, -0.15) is 0 Å². The molecule has 0 radical (unpaired) electrons. The van der Waals surface area contributed by atoms with Crippen LogP contribution in [0.25, 0.3) is 9.88 Å². The molecule has 1 atom stereocenters. The number of benzene rings is 1. The highest BCUT2D eigenvalue weighted by atomic mass is 32.1. The molecule has 2 aromatic heterocycles. The largest absolute Gasteiger partial charge is 0.497 e. The molecule has 1 unspecified atom stereocenters. The summed E-state index contributed by atoms with van der Waals surface area (Å²) in [6.07, 6.45) is 3.71. The van der Waals surface area contributed by atoms with E-state index in [1.165, 1.54) is 11.3 Å². The number of likely N-dealkylation sites (tertiary alicyclic amines) is 1. The molecule has 0 spiro atoms. The Bertz CT molecular complexity index is 873. The van der Waals surface area contributed by atoms with Crippen LogP contribution in [0.5, 0.6) is 5.75 Å². The highest BCUT2D eigenvalue weighted by Crippen LogP contribution is 2.36. The summed E-state index contributed by atoms with van der Waals surface area (Å²) in [6, 6.07) is 12.2. The van der Waals surface area contributed by atoms with Gasteiger partial charge in [0.05, 0.1) is 24.2 Å². The van der Waals surface area contributed by atoms with E-state index in [4.69, 9.17) is 4.74 Å². The van der Waals surface area contributed by atoms with E-state index in [0.29, 0.717) is 4.88 Å². The van der Waals surface area contributed by atoms with E-state index >= 15 is 0 Å². The lowest BCUT2D eigenvalue weighted by molar-refractivity contribution is 0.0740. The van der Waals surface area contributed by atoms with Crippen molar-refractivity contribution < 1.29 is 9.53 Å². The van der Waals surface area contributed by atoms with Crippen molar-refractivity contribution in [2.75, 3.05) is 13.7 Å². The molecule has 4 rings (SSSR count). The van der Waals surface area contributed by atoms with Crippen molar-refractivity contribution in [2.24, 2.45) is 0 Å². The minimum absolute atomic E-state index is 0.0747. The zero-order valence-corrected chi connectivity index (χ0v) is 15.5. The van der Waals surface area contributed by atoms with Gasteiger partial charge >= 0.3 is 0 Å². The predicted octanol–water partition coefficient (Wildman–Crippen LogP) is 4.86. The van der Waals surface area contributed by atoms with Gasteiger partial charge in [-0.1, -0.05) is 18.2 Å². The van der Waals surface area contributed by atoms with Gasteiger partial charge < -0.3 is 9.64 Å². The average Bonchev–Trinajstić information content (AvgIpc) is 3.41. The lowest BCUT2D eigenvalue weighted by Gasteiger charge is -2.24. The third-order valence-corrected chi connectivity index (χ3v) is 6.47. The lowest BCUT2D eigenvalue weighted by Crippen LogP contribution is -2.29. The molecule has 25 heavy (non-hydrogen) atoms. The Morgan fingerprint density at radius 2 is 2.24 bits per heavy atom. The Morgan fingerprint density at radius 3 is 3.04 bits per heavy atom. The second-order valence-electron chi connectivity index (χ2n) is 5.94. The number of carbonyl (C=O) groups is 1. The quantitative estimate of drug-likeness (QED) is 0.659. The van der Waals surface area contributed by atoms with Gasteiger partial charge in [-0.3, -0.25) is 4.79 Å². The van der Waals surface area contributed by atoms with Crippen LogP contribution in [0.4, 0.5) is 0 Å². The summed E-state index contributed by atoms with van der Waals surface area (Å²) >= 11 is 3.12. The Hall–Kier alpha value is -2.18. The van der Waals surface area contributed by atoms with Crippen LogP contribution in [0.15, 0.2) is 48.0 Å². The summed E-state index contributed by atoms with van der Waals surface area (Å²) in [5.41, 5.74) is 1.13. The number of amides is 1. The van der Waals surface area contributed by atoms with Crippen LogP contribution in [-0.4, -0.2) is 29.4 Å². The first kappa shape index (κ1) is 16.3. The van der Waals surface area contributed by atoms with Crippen molar-refractivity contribution >= 4 is 28.6 Å². The third kappa shape index (κ3) is 3.19. The van der Waals surface area contributed by atoms with Gasteiger partial charge in [0.15, 0.2) is 0 Å². The van der Waals surface area contributed by atoms with E-state index in [1.807, 2.05) is 40.6 Å². The number of hydrogen-bond donors (Lipinski definition) is 0. The summed E-state index contributed by atoms with van der Waals surface area (Å²) in [6.45, 7) is 0.785. The van der Waals surface area contributed by atoms with Crippen LogP contribution in [0.2, 0.25) is 0 Å². The van der Waals surface area contributed by atoms with E-state index < -0.39 is 0 Å². The smallest absolute Gasteiger partial charge is 0.266 e. The van der Waals surface area contributed by atoms with Gasteiger partial charge in [-0.05, 0) is 42.0 Å². The summed E-state index contributed by atoms with van der Waals surface area (Å²) in [4.78, 5) is 21.3. The molecular formula is C19H18N2O2S2. The zero-order valence-electron chi connectivity index (χ0n) is 13.8. The molecule has 6 heteroatoms. The monoisotopic (exact) mass is 370 g/mol. The van der Waals surface area contributed by atoms with Crippen molar-refractivity contribution in [3.8, 4) is 15.6 Å². The maximum absolute atomic E-state index is 13.0. The van der Waals surface area contributed by atoms with Gasteiger partial charge in [-0.25, -0.2) is 4.98 Å². The van der Waals surface area contributed by atoms with E-state index in [2.05, 4.69) is 11.1 Å². The predicted molar refractivity (Wildman–Crippen MR) is 101 cm³/mol. The van der Waals surface area contributed by atoms with Crippen LogP contribution in [0.3, 0.4) is 0 Å². The van der Waals surface area contributed by atoms with Crippen molar-refractivity contribution in [2.45, 2.75) is 18.9 Å². The van der Waals surface area contributed by atoms with E-state index in [9.17, 15) is 4.79 Å². The number of nitrogens with zero attached hydrogens (tertiary/aromatic N) is 2. The SMILES string of the molecule is COc1cccc(C2CCCN2C(=O)c2cnc(-c3cccs3)s2)c1. The zero-order chi connectivity index (χ0) is 17.2. The van der Waals surface area contributed by atoms with Gasteiger partial charge in [0.1, 0.15) is 15.6 Å². The number of methoxy groups -OCH3 is 1. The number of carbonyl (C=O) groups excluding carboxylic acids is 1. The molecule has 0 bridgehead atoms. The maximum atomic E-state index is 13.0. The molecule has 1 fully saturated rings. The molecule has 4 nitrogen and oxygen atoms in total. The second-order valence-corrected chi connectivity index (χ2v) is 7.92. The van der Waals surface area contributed by atoms with Crippen LogP contribution in [0, 0.1) is 0 Å². The Labute approximate surface area is 154 Å². The summed E-state index contributed by atoms with van der Waals surface area (Å²) in [5.74, 6) is 0.903. The molecule has 3 heterocycles. The number of thiophene rings is 1. The normalized spacial score (nSPS) is 17.0. The average molecular weight is 370 g/mol. The second kappa shape index (κ2) is 6.98. The number of rotatable bonds is 4. The van der Waals surface area contributed by atoms with Crippen LogP contribution >= 0.6 is 22.7 Å². The molecule has 0 saturated carbocycles. The van der Waals surface area contributed by atoms with Crippen molar-refractivity contribution in [3.05, 3.63) is 58.4 Å². The molecule has 1 amide bonds. The van der Waals surface area contributed by atoms with Crippen molar-refractivity contribution in [3.63, 3.8) is 0 Å².